The first-order chi connectivity index (χ1) is 10.2. The number of nitrogens with one attached hydrogen (secondary N) is 1. The molecule has 2 heterocycles. The third-order valence-corrected chi connectivity index (χ3v) is 3.22. The molecular formula is C14H25N5O2. The molecule has 0 aliphatic carbocycles. The summed E-state index contributed by atoms with van der Waals surface area (Å²) in [6, 6.07) is 0. The third-order valence-electron chi connectivity index (χ3n) is 3.22. The van der Waals surface area contributed by atoms with Gasteiger partial charge in [0.25, 0.3) is 0 Å². The fraction of sp³-hybridized carbons (Fsp3) is 0.714. The maximum absolute atomic E-state index is 6.04. The summed E-state index contributed by atoms with van der Waals surface area (Å²) in [5.74, 6) is 1.52. The lowest BCUT2D eigenvalue weighted by atomic mass is 10.2. The Bertz CT molecular complexity index is 435. The van der Waals surface area contributed by atoms with Gasteiger partial charge < -0.3 is 20.5 Å². The molecule has 0 unspecified atom stereocenters. The Morgan fingerprint density at radius 3 is 2.86 bits per heavy atom. The van der Waals surface area contributed by atoms with Gasteiger partial charge in [-0.15, -0.1) is 0 Å². The predicted molar refractivity (Wildman–Crippen MR) is 82.5 cm³/mol. The zero-order valence-electron chi connectivity index (χ0n) is 12.8. The van der Waals surface area contributed by atoms with Crippen LogP contribution < -0.4 is 15.8 Å². The molecule has 0 amide bonds. The van der Waals surface area contributed by atoms with Gasteiger partial charge in [-0.1, -0.05) is 13.8 Å². The molecule has 2 rings (SSSR count). The van der Waals surface area contributed by atoms with Gasteiger partial charge in [0.05, 0.1) is 19.8 Å². The Morgan fingerprint density at radius 2 is 2.14 bits per heavy atom. The van der Waals surface area contributed by atoms with Crippen molar-refractivity contribution >= 4 is 11.5 Å². The maximum Gasteiger partial charge on any atom is 0.242 e. The Morgan fingerprint density at radius 1 is 1.38 bits per heavy atom. The average molecular weight is 295 g/mol. The van der Waals surface area contributed by atoms with E-state index in [-0.39, 0.29) is 0 Å². The van der Waals surface area contributed by atoms with Crippen LogP contribution in [0.25, 0.3) is 0 Å². The van der Waals surface area contributed by atoms with E-state index in [1.54, 1.807) is 0 Å². The normalized spacial score (nSPS) is 16.1. The van der Waals surface area contributed by atoms with Crippen LogP contribution in [0.5, 0.6) is 5.88 Å². The number of anilines is 2. The van der Waals surface area contributed by atoms with Crippen molar-refractivity contribution in [2.45, 2.75) is 13.8 Å². The number of nitrogens with zero attached hydrogens (tertiary/aromatic N) is 3. The van der Waals surface area contributed by atoms with Crippen molar-refractivity contribution in [1.29, 1.82) is 0 Å². The monoisotopic (exact) mass is 295 g/mol. The van der Waals surface area contributed by atoms with Gasteiger partial charge in [-0.2, -0.15) is 4.98 Å². The van der Waals surface area contributed by atoms with Crippen LogP contribution in [0, 0.1) is 5.92 Å². The molecule has 0 radical (unpaired) electrons. The Kier molecular flexibility index (Phi) is 6.01. The average Bonchev–Trinajstić information content (AvgIpc) is 2.49. The molecule has 0 spiro atoms. The minimum Gasteiger partial charge on any atom is -0.476 e. The topological polar surface area (TPSA) is 85.5 Å². The first-order valence-corrected chi connectivity index (χ1v) is 7.44. The molecule has 21 heavy (non-hydrogen) atoms. The van der Waals surface area contributed by atoms with E-state index in [2.05, 4.69) is 34.0 Å². The molecule has 1 aromatic heterocycles. The maximum atomic E-state index is 6.04. The number of nitrogen functional groups attached to an aromatic ring is 1. The molecule has 3 N–H and O–H groups in total. The highest BCUT2D eigenvalue weighted by Crippen LogP contribution is 2.24. The lowest BCUT2D eigenvalue weighted by Gasteiger charge is -2.26. The summed E-state index contributed by atoms with van der Waals surface area (Å²) in [6.45, 7) is 10.0. The van der Waals surface area contributed by atoms with Crippen LogP contribution in [-0.4, -0.2) is 60.9 Å². The molecule has 1 aliphatic rings. The number of aromatic nitrogens is 2. The van der Waals surface area contributed by atoms with Crippen LogP contribution in [0.15, 0.2) is 6.33 Å². The summed E-state index contributed by atoms with van der Waals surface area (Å²) < 4.78 is 10.9. The molecule has 0 saturated carbocycles. The van der Waals surface area contributed by atoms with Gasteiger partial charge in [-0.05, 0) is 5.92 Å². The van der Waals surface area contributed by atoms with Crippen molar-refractivity contribution in [3.8, 4) is 5.88 Å². The zero-order valence-corrected chi connectivity index (χ0v) is 12.8. The summed E-state index contributed by atoms with van der Waals surface area (Å²) in [4.78, 5) is 10.6. The highest BCUT2D eigenvalue weighted by atomic mass is 16.5. The molecule has 1 aromatic rings. The van der Waals surface area contributed by atoms with Gasteiger partial charge >= 0.3 is 0 Å². The minimum absolute atomic E-state index is 0.428. The van der Waals surface area contributed by atoms with Gasteiger partial charge in [0.1, 0.15) is 12.0 Å². The highest BCUT2D eigenvalue weighted by molar-refractivity contribution is 5.66. The number of nitrogens with two attached hydrogens (primary N) is 1. The zero-order chi connectivity index (χ0) is 15.1. The number of morpholine rings is 1. The van der Waals surface area contributed by atoms with Crippen LogP contribution in [0.2, 0.25) is 0 Å². The molecule has 0 bridgehead atoms. The van der Waals surface area contributed by atoms with E-state index in [0.717, 1.165) is 39.4 Å². The predicted octanol–water partition coefficient (Wildman–Crippen LogP) is 0.838. The minimum atomic E-state index is 0.428. The molecule has 0 aromatic carbocycles. The lowest BCUT2D eigenvalue weighted by Crippen LogP contribution is -2.39. The molecule has 1 fully saturated rings. The molecule has 7 heteroatoms. The number of ether oxygens (including phenoxy) is 2. The lowest BCUT2D eigenvalue weighted by molar-refractivity contribution is 0.0398. The summed E-state index contributed by atoms with van der Waals surface area (Å²) in [6.07, 6.45) is 1.48. The Hall–Kier alpha value is -1.60. The molecule has 1 aliphatic heterocycles. The second-order valence-electron chi connectivity index (χ2n) is 5.53. The molecule has 1 saturated heterocycles. The van der Waals surface area contributed by atoms with Crippen LogP contribution in [0.4, 0.5) is 11.5 Å². The summed E-state index contributed by atoms with van der Waals surface area (Å²) >= 11 is 0. The van der Waals surface area contributed by atoms with E-state index in [1.807, 2.05) is 0 Å². The largest absolute Gasteiger partial charge is 0.476 e. The number of hydrogen-bond donors (Lipinski definition) is 2. The fourth-order valence-corrected chi connectivity index (χ4v) is 2.04. The van der Waals surface area contributed by atoms with Crippen LogP contribution in [0.3, 0.4) is 0 Å². The Labute approximate surface area is 125 Å². The van der Waals surface area contributed by atoms with Crippen molar-refractivity contribution in [2.75, 3.05) is 57.1 Å². The van der Waals surface area contributed by atoms with Gasteiger partial charge in [-0.25, -0.2) is 4.98 Å². The second kappa shape index (κ2) is 7.99. The summed E-state index contributed by atoms with van der Waals surface area (Å²) in [7, 11) is 0. The first kappa shape index (κ1) is 15.8. The second-order valence-corrected chi connectivity index (χ2v) is 5.53. The first-order valence-electron chi connectivity index (χ1n) is 7.44. The van der Waals surface area contributed by atoms with Crippen molar-refractivity contribution in [3.05, 3.63) is 6.33 Å². The van der Waals surface area contributed by atoms with Gasteiger partial charge in [0.2, 0.25) is 5.88 Å². The van der Waals surface area contributed by atoms with Crippen molar-refractivity contribution in [3.63, 3.8) is 0 Å². The van der Waals surface area contributed by atoms with E-state index in [4.69, 9.17) is 15.2 Å². The molecular weight excluding hydrogens is 270 g/mol. The highest BCUT2D eigenvalue weighted by Gasteiger charge is 2.12. The van der Waals surface area contributed by atoms with Crippen LogP contribution >= 0.6 is 0 Å². The van der Waals surface area contributed by atoms with E-state index in [0.29, 0.717) is 29.9 Å². The van der Waals surface area contributed by atoms with Gasteiger partial charge in [-0.3, -0.25) is 4.90 Å². The smallest absolute Gasteiger partial charge is 0.242 e. The van der Waals surface area contributed by atoms with E-state index < -0.39 is 0 Å². The standard InChI is InChI=1S/C14H25N5O2/c1-11(2)9-21-14-12(15)13(17-10-18-14)16-3-4-19-5-7-20-8-6-19/h10-11H,3-9,15H2,1-2H3,(H,16,17,18). The third kappa shape index (κ3) is 5.02. The van der Waals surface area contributed by atoms with Crippen LogP contribution in [-0.2, 0) is 4.74 Å². The van der Waals surface area contributed by atoms with Gasteiger partial charge in [0, 0.05) is 26.2 Å². The molecule has 0 atom stereocenters. The summed E-state index contributed by atoms with van der Waals surface area (Å²) in [5.41, 5.74) is 6.52. The SMILES string of the molecule is CC(C)COc1ncnc(NCCN2CCOCC2)c1N. The number of hydrogen-bond acceptors (Lipinski definition) is 7. The number of rotatable bonds is 7. The van der Waals surface area contributed by atoms with Crippen LogP contribution in [0.1, 0.15) is 13.8 Å². The van der Waals surface area contributed by atoms with Crippen molar-refractivity contribution < 1.29 is 9.47 Å². The van der Waals surface area contributed by atoms with E-state index in [9.17, 15) is 0 Å². The van der Waals surface area contributed by atoms with Crippen molar-refractivity contribution in [2.24, 2.45) is 5.92 Å². The van der Waals surface area contributed by atoms with E-state index >= 15 is 0 Å². The fourth-order valence-electron chi connectivity index (χ4n) is 2.04. The summed E-state index contributed by atoms with van der Waals surface area (Å²) in [5, 5.41) is 3.25. The quantitative estimate of drug-likeness (QED) is 0.771. The molecule has 118 valence electrons. The molecule has 7 nitrogen and oxygen atoms in total. The Balaban J connectivity index is 1.83. The van der Waals surface area contributed by atoms with E-state index in [1.165, 1.54) is 6.33 Å². The van der Waals surface area contributed by atoms with Gasteiger partial charge in [0.15, 0.2) is 5.82 Å². The van der Waals surface area contributed by atoms with Crippen molar-refractivity contribution in [1.82, 2.24) is 14.9 Å².